The van der Waals surface area contributed by atoms with Crippen molar-refractivity contribution in [1.29, 1.82) is 0 Å². The zero-order valence-electron chi connectivity index (χ0n) is 15.9. The second-order valence-corrected chi connectivity index (χ2v) is 6.97. The first-order valence-electron chi connectivity index (χ1n) is 8.73. The maximum atomic E-state index is 12.3. The molecule has 1 atom stereocenters. The lowest BCUT2D eigenvalue weighted by atomic mass is 10.2. The zero-order chi connectivity index (χ0) is 18.8. The van der Waals surface area contributed by atoms with Gasteiger partial charge >= 0.3 is 0 Å². The first-order chi connectivity index (χ1) is 12.3. The highest BCUT2D eigenvalue weighted by atomic mass is 16.2. The summed E-state index contributed by atoms with van der Waals surface area (Å²) in [5.74, 6) is 1.69. The molecule has 0 saturated carbocycles. The van der Waals surface area contributed by atoms with Crippen LogP contribution in [-0.4, -0.2) is 64.2 Å². The number of carbonyl (C=O) groups excluding carboxylic acids is 1. The van der Waals surface area contributed by atoms with E-state index in [0.29, 0.717) is 0 Å². The molecule has 8 heteroatoms. The summed E-state index contributed by atoms with van der Waals surface area (Å²) in [7, 11) is 3.42. The Kier molecular flexibility index (Phi) is 5.01. The van der Waals surface area contributed by atoms with Crippen LogP contribution in [0.25, 0.3) is 0 Å². The molecule has 0 aliphatic carbocycles. The number of aromatic nitrogens is 4. The first kappa shape index (κ1) is 18.0. The van der Waals surface area contributed by atoms with Crippen LogP contribution in [-0.2, 0) is 0 Å². The van der Waals surface area contributed by atoms with Crippen LogP contribution in [0, 0.1) is 20.8 Å². The summed E-state index contributed by atoms with van der Waals surface area (Å²) in [6.07, 6.45) is 2.71. The van der Waals surface area contributed by atoms with Crippen LogP contribution >= 0.6 is 0 Å². The average molecular weight is 355 g/mol. The second-order valence-electron chi connectivity index (χ2n) is 6.97. The first-order valence-corrected chi connectivity index (χ1v) is 8.73. The minimum absolute atomic E-state index is 0.182. The molecular weight excluding hydrogens is 330 g/mol. The van der Waals surface area contributed by atoms with E-state index in [4.69, 9.17) is 0 Å². The van der Waals surface area contributed by atoms with Gasteiger partial charge in [0.1, 0.15) is 11.6 Å². The minimum atomic E-state index is -0.182. The van der Waals surface area contributed by atoms with Crippen molar-refractivity contribution < 1.29 is 4.79 Å². The topological polar surface area (TPSA) is 87.1 Å². The highest BCUT2D eigenvalue weighted by Gasteiger charge is 2.27. The van der Waals surface area contributed by atoms with Crippen molar-refractivity contribution >= 4 is 17.5 Å². The fraction of sp³-hybridized carbons (Fsp3) is 0.500. The summed E-state index contributed by atoms with van der Waals surface area (Å²) in [5.41, 5.74) is 2.92. The predicted molar refractivity (Wildman–Crippen MR) is 101 cm³/mol. The van der Waals surface area contributed by atoms with Crippen LogP contribution in [0.3, 0.4) is 0 Å². The molecule has 0 radical (unpaired) electrons. The normalized spacial score (nSPS) is 16.7. The van der Waals surface area contributed by atoms with E-state index in [2.05, 4.69) is 30.4 Å². The van der Waals surface area contributed by atoms with E-state index in [0.717, 1.165) is 48.0 Å². The maximum Gasteiger partial charge on any atom is 0.291 e. The van der Waals surface area contributed by atoms with Crippen molar-refractivity contribution in [3.05, 3.63) is 34.9 Å². The van der Waals surface area contributed by atoms with Crippen LogP contribution in [0.5, 0.6) is 0 Å². The molecule has 0 spiro atoms. The largest absolute Gasteiger partial charge is 0.364 e. The van der Waals surface area contributed by atoms with E-state index in [1.54, 1.807) is 20.3 Å². The fourth-order valence-corrected chi connectivity index (χ4v) is 3.03. The number of nitrogens with one attached hydrogen (secondary N) is 1. The third-order valence-corrected chi connectivity index (χ3v) is 4.59. The molecule has 1 aliphatic rings. The van der Waals surface area contributed by atoms with E-state index in [1.807, 2.05) is 26.8 Å². The lowest BCUT2D eigenvalue weighted by molar-refractivity contribution is 0.0815. The molecule has 1 aliphatic heterocycles. The van der Waals surface area contributed by atoms with Crippen LogP contribution < -0.4 is 10.2 Å². The number of carbonyl (C=O) groups is 1. The molecule has 3 heterocycles. The molecule has 1 fully saturated rings. The second kappa shape index (κ2) is 7.23. The summed E-state index contributed by atoms with van der Waals surface area (Å²) in [6, 6.07) is 2.25. The van der Waals surface area contributed by atoms with E-state index in [-0.39, 0.29) is 17.8 Å². The Morgan fingerprint density at radius 3 is 2.73 bits per heavy atom. The molecule has 1 saturated heterocycles. The van der Waals surface area contributed by atoms with Crippen molar-refractivity contribution in [1.82, 2.24) is 25.1 Å². The van der Waals surface area contributed by atoms with Crippen molar-refractivity contribution in [2.75, 3.05) is 37.4 Å². The maximum absolute atomic E-state index is 12.3. The summed E-state index contributed by atoms with van der Waals surface area (Å²) in [4.78, 5) is 24.9. The summed E-state index contributed by atoms with van der Waals surface area (Å²) in [6.45, 7) is 7.58. The van der Waals surface area contributed by atoms with Crippen molar-refractivity contribution in [2.24, 2.45) is 0 Å². The number of anilines is 2. The molecule has 0 aromatic carbocycles. The van der Waals surface area contributed by atoms with E-state index in [1.165, 1.54) is 4.90 Å². The molecular formula is C18H25N7O. The average Bonchev–Trinajstić information content (AvgIpc) is 3.04. The molecule has 1 amide bonds. The van der Waals surface area contributed by atoms with E-state index < -0.39 is 0 Å². The minimum Gasteiger partial charge on any atom is -0.364 e. The number of hydrogen-bond acceptors (Lipinski definition) is 7. The van der Waals surface area contributed by atoms with Gasteiger partial charge in [0.25, 0.3) is 5.91 Å². The van der Waals surface area contributed by atoms with Gasteiger partial charge in [0.15, 0.2) is 0 Å². The van der Waals surface area contributed by atoms with Crippen molar-refractivity contribution in [2.45, 2.75) is 33.2 Å². The molecule has 1 N–H and O–H groups in total. The van der Waals surface area contributed by atoms with Gasteiger partial charge in [0.2, 0.25) is 5.82 Å². The fourth-order valence-electron chi connectivity index (χ4n) is 3.03. The van der Waals surface area contributed by atoms with Gasteiger partial charge < -0.3 is 15.1 Å². The van der Waals surface area contributed by atoms with Gasteiger partial charge in [-0.3, -0.25) is 4.79 Å². The van der Waals surface area contributed by atoms with Crippen LogP contribution in [0.2, 0.25) is 0 Å². The molecule has 26 heavy (non-hydrogen) atoms. The number of amides is 1. The molecule has 8 nitrogen and oxygen atoms in total. The predicted octanol–water partition coefficient (Wildman–Crippen LogP) is 1.58. The summed E-state index contributed by atoms with van der Waals surface area (Å²) >= 11 is 0. The zero-order valence-corrected chi connectivity index (χ0v) is 15.9. The molecule has 138 valence electrons. The summed E-state index contributed by atoms with van der Waals surface area (Å²) in [5, 5.41) is 11.6. The van der Waals surface area contributed by atoms with Crippen LogP contribution in [0.1, 0.15) is 33.9 Å². The molecule has 0 unspecified atom stereocenters. The number of hydrogen-bond donors (Lipinski definition) is 1. The van der Waals surface area contributed by atoms with Crippen molar-refractivity contribution in [3.8, 4) is 0 Å². The smallest absolute Gasteiger partial charge is 0.291 e. The van der Waals surface area contributed by atoms with E-state index in [9.17, 15) is 4.79 Å². The third kappa shape index (κ3) is 3.74. The van der Waals surface area contributed by atoms with Crippen molar-refractivity contribution in [3.63, 3.8) is 0 Å². The van der Waals surface area contributed by atoms with Gasteiger partial charge in [-0.15, -0.1) is 5.10 Å². The SMILES string of the molecule is Cc1cnnc(N[C@@H]2CCN(c3nc(C(=O)N(C)C)nc(C)c3C)C2)c1. The van der Waals surface area contributed by atoms with Crippen LogP contribution in [0.15, 0.2) is 12.3 Å². The van der Waals surface area contributed by atoms with Crippen LogP contribution in [0.4, 0.5) is 11.6 Å². The van der Waals surface area contributed by atoms with Gasteiger partial charge in [0, 0.05) is 44.5 Å². The molecule has 2 aromatic heterocycles. The van der Waals surface area contributed by atoms with Gasteiger partial charge in [-0.05, 0) is 38.8 Å². The van der Waals surface area contributed by atoms with Gasteiger partial charge in [-0.25, -0.2) is 9.97 Å². The lowest BCUT2D eigenvalue weighted by Gasteiger charge is -2.22. The lowest BCUT2D eigenvalue weighted by Crippen LogP contribution is -2.30. The standard InChI is InChI=1S/C18H25N7O/c1-11-8-15(23-19-9-11)21-14-6-7-25(10-14)17-12(2)13(3)20-16(22-17)18(26)24(4)5/h8-9,14H,6-7,10H2,1-5H3,(H,21,23)/t14-/m1/s1. The number of aryl methyl sites for hydroxylation is 2. The number of nitrogens with zero attached hydrogens (tertiary/aromatic N) is 6. The van der Waals surface area contributed by atoms with Gasteiger partial charge in [-0.2, -0.15) is 5.10 Å². The molecule has 2 aromatic rings. The Morgan fingerprint density at radius 1 is 1.27 bits per heavy atom. The number of rotatable bonds is 4. The van der Waals surface area contributed by atoms with E-state index >= 15 is 0 Å². The monoisotopic (exact) mass is 355 g/mol. The third-order valence-electron chi connectivity index (χ3n) is 4.59. The highest BCUT2D eigenvalue weighted by Crippen LogP contribution is 2.25. The van der Waals surface area contributed by atoms with Gasteiger partial charge in [-0.1, -0.05) is 0 Å². The van der Waals surface area contributed by atoms with Gasteiger partial charge in [0.05, 0.1) is 6.20 Å². The molecule has 0 bridgehead atoms. The molecule has 3 rings (SSSR count). The Morgan fingerprint density at radius 2 is 2.04 bits per heavy atom. The quantitative estimate of drug-likeness (QED) is 0.891. The Balaban J connectivity index is 1.78. The summed E-state index contributed by atoms with van der Waals surface area (Å²) < 4.78 is 0. The Bertz CT molecular complexity index is 821. The highest BCUT2D eigenvalue weighted by molar-refractivity contribution is 5.90. The Labute approximate surface area is 153 Å². The Hall–Kier alpha value is -2.77.